The van der Waals surface area contributed by atoms with Gasteiger partial charge in [0.2, 0.25) is 5.91 Å². The highest BCUT2D eigenvalue weighted by atomic mass is 32.1. The number of aromatic nitrogens is 3. The maximum atomic E-state index is 13.3. The summed E-state index contributed by atoms with van der Waals surface area (Å²) in [5.74, 6) is 0.412. The molecule has 1 amide bonds. The molecule has 0 saturated carbocycles. The van der Waals surface area contributed by atoms with E-state index in [9.17, 15) is 4.79 Å². The maximum Gasteiger partial charge on any atom is 0.231 e. The fourth-order valence-corrected chi connectivity index (χ4v) is 4.74. The van der Waals surface area contributed by atoms with Gasteiger partial charge in [0.05, 0.1) is 34.7 Å². The minimum absolute atomic E-state index is 0.155. The van der Waals surface area contributed by atoms with Gasteiger partial charge in [-0.3, -0.25) is 4.79 Å². The molecule has 2 saturated heterocycles. The lowest BCUT2D eigenvalue weighted by Gasteiger charge is -2.27. The number of aryl methyl sites for hydroxylation is 1. The van der Waals surface area contributed by atoms with Crippen molar-refractivity contribution in [2.45, 2.75) is 45.7 Å². The van der Waals surface area contributed by atoms with E-state index in [0.717, 1.165) is 42.5 Å². The molecule has 1 spiro atoms. The van der Waals surface area contributed by atoms with Crippen molar-refractivity contribution in [3.63, 3.8) is 0 Å². The van der Waals surface area contributed by atoms with Crippen molar-refractivity contribution in [2.75, 3.05) is 19.6 Å². The highest BCUT2D eigenvalue weighted by molar-refractivity contribution is 7.09. The molecule has 4 heterocycles. The van der Waals surface area contributed by atoms with Gasteiger partial charge in [-0.2, -0.15) is 0 Å². The van der Waals surface area contributed by atoms with E-state index in [1.165, 1.54) is 0 Å². The standard InChI is InChI=1S/C18H25N5OS/c1-12(2)23-8-16(20-11-23)15-6-19-10-18(15)4-5-22(17(18)24)7-14-9-25-13(3)21-14/h8-9,11-12,15,19H,4-7,10H2,1-3H3/t15-,18+/m1/s1. The molecular weight excluding hydrogens is 334 g/mol. The van der Waals surface area contributed by atoms with Crippen LogP contribution in [0.3, 0.4) is 0 Å². The smallest absolute Gasteiger partial charge is 0.231 e. The number of likely N-dealkylation sites (tertiary alicyclic amines) is 1. The van der Waals surface area contributed by atoms with Crippen LogP contribution >= 0.6 is 11.3 Å². The lowest BCUT2D eigenvalue weighted by molar-refractivity contribution is -0.136. The molecule has 0 unspecified atom stereocenters. The summed E-state index contributed by atoms with van der Waals surface area (Å²) in [6.45, 7) is 9.29. The average Bonchev–Trinajstić information content (AvgIpc) is 3.33. The molecule has 0 aromatic carbocycles. The van der Waals surface area contributed by atoms with Gasteiger partial charge in [0.1, 0.15) is 0 Å². The van der Waals surface area contributed by atoms with E-state index in [-0.39, 0.29) is 17.2 Å². The van der Waals surface area contributed by atoms with Crippen molar-refractivity contribution in [3.05, 3.63) is 34.3 Å². The van der Waals surface area contributed by atoms with Gasteiger partial charge in [-0.15, -0.1) is 11.3 Å². The first kappa shape index (κ1) is 16.7. The molecule has 2 aliphatic rings. The average molecular weight is 359 g/mol. The Bertz CT molecular complexity index is 782. The summed E-state index contributed by atoms with van der Waals surface area (Å²) in [6, 6.07) is 0.384. The van der Waals surface area contributed by atoms with Crippen molar-refractivity contribution in [1.29, 1.82) is 0 Å². The molecule has 4 rings (SSSR count). The normalized spacial score (nSPS) is 26.5. The highest BCUT2D eigenvalue weighted by Crippen LogP contribution is 2.47. The Balaban J connectivity index is 1.56. The highest BCUT2D eigenvalue weighted by Gasteiger charge is 2.55. The van der Waals surface area contributed by atoms with Gasteiger partial charge in [-0.25, -0.2) is 9.97 Å². The first-order valence-corrected chi connectivity index (χ1v) is 9.82. The zero-order chi connectivity index (χ0) is 17.6. The molecule has 134 valence electrons. The fraction of sp³-hybridized carbons (Fsp3) is 0.611. The van der Waals surface area contributed by atoms with Gasteiger partial charge in [-0.1, -0.05) is 0 Å². The summed E-state index contributed by atoms with van der Waals surface area (Å²) in [4.78, 5) is 24.4. The summed E-state index contributed by atoms with van der Waals surface area (Å²) < 4.78 is 2.12. The van der Waals surface area contributed by atoms with Crippen LogP contribution in [0, 0.1) is 12.3 Å². The van der Waals surface area contributed by atoms with Crippen LogP contribution in [0.5, 0.6) is 0 Å². The second-order valence-electron chi connectivity index (χ2n) is 7.51. The number of amides is 1. The van der Waals surface area contributed by atoms with Crippen molar-refractivity contribution in [1.82, 2.24) is 24.8 Å². The third kappa shape index (κ3) is 2.79. The Morgan fingerprint density at radius 1 is 1.48 bits per heavy atom. The number of hydrogen-bond acceptors (Lipinski definition) is 5. The van der Waals surface area contributed by atoms with E-state index in [4.69, 9.17) is 0 Å². The van der Waals surface area contributed by atoms with E-state index >= 15 is 0 Å². The Kier molecular flexibility index (Phi) is 4.16. The molecule has 1 N–H and O–H groups in total. The molecule has 2 aromatic heterocycles. The van der Waals surface area contributed by atoms with Gasteiger partial charge < -0.3 is 14.8 Å². The number of nitrogens with zero attached hydrogens (tertiary/aromatic N) is 4. The number of hydrogen-bond donors (Lipinski definition) is 1. The minimum atomic E-state index is -0.346. The molecule has 25 heavy (non-hydrogen) atoms. The molecule has 2 atom stereocenters. The summed E-state index contributed by atoms with van der Waals surface area (Å²) >= 11 is 1.64. The lowest BCUT2D eigenvalue weighted by Crippen LogP contribution is -2.39. The molecule has 2 fully saturated rings. The molecule has 6 nitrogen and oxygen atoms in total. The minimum Gasteiger partial charge on any atom is -0.336 e. The zero-order valence-electron chi connectivity index (χ0n) is 15.0. The first-order chi connectivity index (χ1) is 12.0. The molecule has 7 heteroatoms. The quantitative estimate of drug-likeness (QED) is 0.910. The van der Waals surface area contributed by atoms with Crippen LogP contribution in [-0.4, -0.2) is 45.0 Å². The second-order valence-corrected chi connectivity index (χ2v) is 8.58. The summed E-state index contributed by atoms with van der Waals surface area (Å²) in [5, 5.41) is 6.56. The molecule has 2 aliphatic heterocycles. The number of rotatable bonds is 4. The predicted molar refractivity (Wildman–Crippen MR) is 97.5 cm³/mol. The number of carbonyl (C=O) groups excluding carboxylic acids is 1. The van der Waals surface area contributed by atoms with E-state index in [0.29, 0.717) is 12.6 Å². The monoisotopic (exact) mass is 359 g/mol. The maximum absolute atomic E-state index is 13.3. The van der Waals surface area contributed by atoms with Gasteiger partial charge in [0.25, 0.3) is 0 Å². The number of nitrogens with one attached hydrogen (secondary N) is 1. The topological polar surface area (TPSA) is 63.1 Å². The Morgan fingerprint density at radius 2 is 2.32 bits per heavy atom. The lowest BCUT2D eigenvalue weighted by atomic mass is 9.75. The van der Waals surface area contributed by atoms with Crippen LogP contribution in [0.4, 0.5) is 0 Å². The zero-order valence-corrected chi connectivity index (χ0v) is 15.8. The number of carbonyl (C=O) groups is 1. The molecule has 0 aliphatic carbocycles. The molecule has 2 aromatic rings. The second kappa shape index (κ2) is 6.21. The van der Waals surface area contributed by atoms with Crippen LogP contribution in [0.25, 0.3) is 0 Å². The largest absolute Gasteiger partial charge is 0.336 e. The third-order valence-electron chi connectivity index (χ3n) is 5.59. The van der Waals surface area contributed by atoms with Crippen molar-refractivity contribution >= 4 is 17.2 Å². The summed E-state index contributed by atoms with van der Waals surface area (Å²) in [6.07, 6.45) is 4.90. The molecule has 0 radical (unpaired) electrons. The first-order valence-electron chi connectivity index (χ1n) is 8.94. The van der Waals surface area contributed by atoms with E-state index < -0.39 is 0 Å². The SMILES string of the molecule is Cc1nc(CN2CC[C@@]3(CNC[C@@H]3c3cn(C(C)C)cn3)C2=O)cs1. The fourth-order valence-electron chi connectivity index (χ4n) is 4.13. The summed E-state index contributed by atoms with van der Waals surface area (Å²) in [5.41, 5.74) is 1.69. The van der Waals surface area contributed by atoms with Gasteiger partial charge in [0.15, 0.2) is 0 Å². The number of imidazole rings is 1. The van der Waals surface area contributed by atoms with E-state index in [1.807, 2.05) is 18.2 Å². The van der Waals surface area contributed by atoms with Crippen LogP contribution in [0.1, 0.15) is 48.6 Å². The van der Waals surface area contributed by atoms with Gasteiger partial charge >= 0.3 is 0 Å². The number of thiazole rings is 1. The van der Waals surface area contributed by atoms with Crippen molar-refractivity contribution < 1.29 is 4.79 Å². The van der Waals surface area contributed by atoms with E-state index in [1.54, 1.807) is 11.3 Å². The van der Waals surface area contributed by atoms with Gasteiger partial charge in [0, 0.05) is 43.2 Å². The van der Waals surface area contributed by atoms with Crippen LogP contribution < -0.4 is 5.32 Å². The Hall–Kier alpha value is -1.73. The van der Waals surface area contributed by atoms with Crippen LogP contribution in [0.15, 0.2) is 17.9 Å². The predicted octanol–water partition coefficient (Wildman–Crippen LogP) is 2.33. The molecular formula is C18H25N5OS. The van der Waals surface area contributed by atoms with Crippen LogP contribution in [-0.2, 0) is 11.3 Å². The van der Waals surface area contributed by atoms with Gasteiger partial charge in [-0.05, 0) is 27.2 Å². The summed E-state index contributed by atoms with van der Waals surface area (Å²) in [7, 11) is 0. The Morgan fingerprint density at radius 3 is 3.00 bits per heavy atom. The third-order valence-corrected chi connectivity index (χ3v) is 6.41. The van der Waals surface area contributed by atoms with Crippen LogP contribution in [0.2, 0.25) is 0 Å². The van der Waals surface area contributed by atoms with Crippen molar-refractivity contribution in [3.8, 4) is 0 Å². The molecule has 0 bridgehead atoms. The Labute approximate surface area is 152 Å². The van der Waals surface area contributed by atoms with Crippen molar-refractivity contribution in [2.24, 2.45) is 5.41 Å². The van der Waals surface area contributed by atoms with E-state index in [2.05, 4.69) is 45.3 Å².